The highest BCUT2D eigenvalue weighted by atomic mass is 16.5. The number of primary amides is 1. The molecule has 4 N–H and O–H groups in total. The van der Waals surface area contributed by atoms with Crippen LogP contribution in [0.1, 0.15) is 18.6 Å². The first kappa shape index (κ1) is 11.3. The smallest absolute Gasteiger partial charge is 0.250 e. The van der Waals surface area contributed by atoms with E-state index in [0.29, 0.717) is 12.2 Å². The van der Waals surface area contributed by atoms with Crippen LogP contribution in [0.4, 0.5) is 0 Å². The van der Waals surface area contributed by atoms with Gasteiger partial charge in [-0.2, -0.15) is 0 Å². The van der Waals surface area contributed by atoms with Crippen LogP contribution in [0.2, 0.25) is 0 Å². The standard InChI is InChI=1S/C10H13NO4/c1-2-15-8-5-6(3-4-7(8)12)9(13)10(11)14/h3-5,9,12-13H,2H2,1H3,(H2,11,14). The van der Waals surface area contributed by atoms with Gasteiger partial charge in [0.2, 0.25) is 0 Å². The van der Waals surface area contributed by atoms with E-state index >= 15 is 0 Å². The highest BCUT2D eigenvalue weighted by Crippen LogP contribution is 2.29. The second-order valence-electron chi connectivity index (χ2n) is 2.97. The van der Waals surface area contributed by atoms with Crippen LogP contribution >= 0.6 is 0 Å². The molecule has 0 aliphatic carbocycles. The minimum absolute atomic E-state index is 0.0442. The fourth-order valence-electron chi connectivity index (χ4n) is 1.14. The fourth-order valence-corrected chi connectivity index (χ4v) is 1.14. The van der Waals surface area contributed by atoms with Gasteiger partial charge in [-0.1, -0.05) is 6.07 Å². The summed E-state index contributed by atoms with van der Waals surface area (Å²) in [6, 6.07) is 4.13. The summed E-state index contributed by atoms with van der Waals surface area (Å²) < 4.78 is 5.09. The molecule has 0 spiro atoms. The number of phenolic OH excluding ortho intramolecular Hbond substituents is 1. The summed E-state index contributed by atoms with van der Waals surface area (Å²) in [5.74, 6) is -0.671. The van der Waals surface area contributed by atoms with Gasteiger partial charge in [0.25, 0.3) is 5.91 Å². The Morgan fingerprint density at radius 2 is 2.27 bits per heavy atom. The second-order valence-corrected chi connectivity index (χ2v) is 2.97. The minimum atomic E-state index is -1.38. The van der Waals surface area contributed by atoms with Crippen molar-refractivity contribution in [2.75, 3.05) is 6.61 Å². The number of aliphatic hydroxyl groups is 1. The first-order valence-corrected chi connectivity index (χ1v) is 4.49. The van der Waals surface area contributed by atoms with Crippen LogP contribution in [0.25, 0.3) is 0 Å². The largest absolute Gasteiger partial charge is 0.504 e. The molecule has 82 valence electrons. The molecule has 0 saturated carbocycles. The number of phenols is 1. The first-order valence-electron chi connectivity index (χ1n) is 4.49. The number of hydrogen-bond acceptors (Lipinski definition) is 4. The number of hydrogen-bond donors (Lipinski definition) is 3. The summed E-state index contributed by atoms with van der Waals surface area (Å²) in [7, 11) is 0. The van der Waals surface area contributed by atoms with Crippen molar-refractivity contribution >= 4 is 5.91 Å². The number of aromatic hydroxyl groups is 1. The lowest BCUT2D eigenvalue weighted by Gasteiger charge is -2.10. The van der Waals surface area contributed by atoms with Crippen molar-refractivity contribution in [1.82, 2.24) is 0 Å². The van der Waals surface area contributed by atoms with E-state index in [1.807, 2.05) is 0 Å². The normalized spacial score (nSPS) is 12.1. The lowest BCUT2D eigenvalue weighted by molar-refractivity contribution is -0.126. The van der Waals surface area contributed by atoms with E-state index in [0.717, 1.165) is 0 Å². The topological polar surface area (TPSA) is 92.8 Å². The number of rotatable bonds is 4. The Bertz CT molecular complexity index is 364. The van der Waals surface area contributed by atoms with Gasteiger partial charge >= 0.3 is 0 Å². The highest BCUT2D eigenvalue weighted by molar-refractivity contribution is 5.80. The van der Waals surface area contributed by atoms with Crippen LogP contribution in [0.3, 0.4) is 0 Å². The molecule has 5 nitrogen and oxygen atoms in total. The molecule has 0 radical (unpaired) electrons. The third kappa shape index (κ3) is 2.60. The first-order chi connectivity index (χ1) is 7.06. The number of ether oxygens (including phenoxy) is 1. The maximum atomic E-state index is 10.7. The van der Waals surface area contributed by atoms with Crippen molar-refractivity contribution in [3.8, 4) is 11.5 Å². The van der Waals surface area contributed by atoms with Crippen LogP contribution in [-0.2, 0) is 4.79 Å². The maximum Gasteiger partial charge on any atom is 0.250 e. The molecule has 1 amide bonds. The van der Waals surface area contributed by atoms with Crippen LogP contribution in [0.15, 0.2) is 18.2 Å². The molecule has 1 atom stereocenters. The Kier molecular flexibility index (Phi) is 3.51. The lowest BCUT2D eigenvalue weighted by atomic mass is 10.1. The number of benzene rings is 1. The molecule has 15 heavy (non-hydrogen) atoms. The molecule has 0 heterocycles. The van der Waals surface area contributed by atoms with Gasteiger partial charge in [0.1, 0.15) is 0 Å². The van der Waals surface area contributed by atoms with E-state index in [1.54, 1.807) is 6.92 Å². The van der Waals surface area contributed by atoms with Crippen molar-refractivity contribution in [2.45, 2.75) is 13.0 Å². The van der Waals surface area contributed by atoms with Gasteiger partial charge in [0.05, 0.1) is 6.61 Å². The Hall–Kier alpha value is -1.75. The van der Waals surface area contributed by atoms with Gasteiger partial charge in [0, 0.05) is 0 Å². The van der Waals surface area contributed by atoms with E-state index < -0.39 is 12.0 Å². The molecule has 1 aromatic rings. The van der Waals surface area contributed by atoms with E-state index in [1.165, 1.54) is 18.2 Å². The molecular weight excluding hydrogens is 198 g/mol. The molecule has 0 fully saturated rings. The number of carbonyl (C=O) groups is 1. The van der Waals surface area contributed by atoms with E-state index in [-0.39, 0.29) is 11.5 Å². The zero-order chi connectivity index (χ0) is 11.4. The SMILES string of the molecule is CCOc1cc(C(O)C(N)=O)ccc1O. The predicted octanol–water partition coefficient (Wildman–Crippen LogP) is 0.310. The predicted molar refractivity (Wildman–Crippen MR) is 53.4 cm³/mol. The summed E-state index contributed by atoms with van der Waals surface area (Å²) in [4.78, 5) is 10.7. The Morgan fingerprint density at radius 3 is 2.80 bits per heavy atom. The molecule has 0 aliphatic heterocycles. The summed E-state index contributed by atoms with van der Waals surface area (Å²) >= 11 is 0. The Balaban J connectivity index is 3.01. The number of aliphatic hydroxyl groups excluding tert-OH is 1. The number of carbonyl (C=O) groups excluding carboxylic acids is 1. The van der Waals surface area contributed by atoms with E-state index in [4.69, 9.17) is 10.5 Å². The molecular formula is C10H13NO4. The second kappa shape index (κ2) is 4.65. The fraction of sp³-hybridized carbons (Fsp3) is 0.300. The molecule has 0 bridgehead atoms. The van der Waals surface area contributed by atoms with Gasteiger partial charge in [-0.25, -0.2) is 0 Å². The van der Waals surface area contributed by atoms with Gasteiger partial charge in [-0.05, 0) is 24.6 Å². The zero-order valence-corrected chi connectivity index (χ0v) is 8.30. The van der Waals surface area contributed by atoms with E-state index in [9.17, 15) is 15.0 Å². The maximum absolute atomic E-state index is 10.7. The van der Waals surface area contributed by atoms with Crippen LogP contribution in [0, 0.1) is 0 Å². The lowest BCUT2D eigenvalue weighted by Crippen LogP contribution is -2.20. The summed E-state index contributed by atoms with van der Waals surface area (Å²) in [6.45, 7) is 2.14. The molecule has 1 rings (SSSR count). The quantitative estimate of drug-likeness (QED) is 0.668. The molecule has 5 heteroatoms. The average molecular weight is 211 g/mol. The average Bonchev–Trinajstić information content (AvgIpc) is 2.20. The summed E-state index contributed by atoms with van der Waals surface area (Å²) in [5.41, 5.74) is 5.23. The summed E-state index contributed by atoms with van der Waals surface area (Å²) in [5, 5.41) is 18.7. The van der Waals surface area contributed by atoms with E-state index in [2.05, 4.69) is 0 Å². The van der Waals surface area contributed by atoms with Gasteiger partial charge in [-0.3, -0.25) is 4.79 Å². The minimum Gasteiger partial charge on any atom is -0.504 e. The number of amides is 1. The third-order valence-electron chi connectivity index (χ3n) is 1.87. The molecule has 0 aliphatic rings. The van der Waals surface area contributed by atoms with Crippen molar-refractivity contribution < 1.29 is 19.7 Å². The van der Waals surface area contributed by atoms with Gasteiger partial charge in [-0.15, -0.1) is 0 Å². The molecule has 1 unspecified atom stereocenters. The molecule has 0 saturated heterocycles. The van der Waals surface area contributed by atoms with Gasteiger partial charge < -0.3 is 20.7 Å². The Morgan fingerprint density at radius 1 is 1.60 bits per heavy atom. The Labute approximate surface area is 87.1 Å². The van der Waals surface area contributed by atoms with Crippen molar-refractivity contribution in [3.05, 3.63) is 23.8 Å². The van der Waals surface area contributed by atoms with Crippen LogP contribution in [-0.4, -0.2) is 22.7 Å². The molecule has 1 aromatic carbocycles. The monoisotopic (exact) mass is 211 g/mol. The van der Waals surface area contributed by atoms with Crippen LogP contribution in [0.5, 0.6) is 11.5 Å². The van der Waals surface area contributed by atoms with Crippen molar-refractivity contribution in [2.24, 2.45) is 5.73 Å². The van der Waals surface area contributed by atoms with Crippen LogP contribution < -0.4 is 10.5 Å². The molecule has 0 aromatic heterocycles. The van der Waals surface area contributed by atoms with Crippen molar-refractivity contribution in [1.29, 1.82) is 0 Å². The number of nitrogens with two attached hydrogens (primary N) is 1. The van der Waals surface area contributed by atoms with Gasteiger partial charge in [0.15, 0.2) is 17.6 Å². The third-order valence-corrected chi connectivity index (χ3v) is 1.87. The zero-order valence-electron chi connectivity index (χ0n) is 8.30. The van der Waals surface area contributed by atoms with Crippen molar-refractivity contribution in [3.63, 3.8) is 0 Å². The summed E-state index contributed by atoms with van der Waals surface area (Å²) in [6.07, 6.45) is -1.38. The highest BCUT2D eigenvalue weighted by Gasteiger charge is 2.15.